The molecule has 1 aliphatic carbocycles. The van der Waals surface area contributed by atoms with Crippen molar-refractivity contribution in [1.29, 1.82) is 0 Å². The molecule has 0 atom stereocenters. The maximum atomic E-state index is 13.2. The third kappa shape index (κ3) is 5.27. The molecule has 2 N–H and O–H groups in total. The van der Waals surface area contributed by atoms with Gasteiger partial charge in [-0.25, -0.2) is 0 Å². The van der Waals surface area contributed by atoms with Gasteiger partial charge >= 0.3 is 0 Å². The van der Waals surface area contributed by atoms with Crippen molar-refractivity contribution < 1.29 is 9.59 Å². The summed E-state index contributed by atoms with van der Waals surface area (Å²) in [7, 11) is 0. The highest BCUT2D eigenvalue weighted by atomic mass is 16.2. The average molecular weight is 386 g/mol. The molecule has 1 saturated heterocycles. The molecule has 1 heterocycles. The van der Waals surface area contributed by atoms with Crippen LogP contribution in [0, 0.1) is 11.8 Å². The SMILES string of the molecule is CC1CCN(c2ccc(NC(=O)C(C)C)cc2C(=O)NC2CCCCC2)CC1. The van der Waals surface area contributed by atoms with E-state index in [1.54, 1.807) is 0 Å². The lowest BCUT2D eigenvalue weighted by Crippen LogP contribution is -2.38. The Balaban J connectivity index is 1.83. The third-order valence-corrected chi connectivity index (χ3v) is 6.10. The van der Waals surface area contributed by atoms with Gasteiger partial charge in [0.05, 0.1) is 5.56 Å². The maximum absolute atomic E-state index is 13.2. The van der Waals surface area contributed by atoms with Crippen molar-refractivity contribution in [2.24, 2.45) is 11.8 Å². The summed E-state index contributed by atoms with van der Waals surface area (Å²) < 4.78 is 0. The van der Waals surface area contributed by atoms with E-state index in [1.165, 1.54) is 19.3 Å². The molecular formula is C23H35N3O2. The molecule has 28 heavy (non-hydrogen) atoms. The monoisotopic (exact) mass is 385 g/mol. The highest BCUT2D eigenvalue weighted by Gasteiger charge is 2.24. The Labute approximate surface area is 169 Å². The first kappa shape index (κ1) is 20.7. The van der Waals surface area contributed by atoms with E-state index < -0.39 is 0 Å². The summed E-state index contributed by atoms with van der Waals surface area (Å²) >= 11 is 0. The van der Waals surface area contributed by atoms with Crippen LogP contribution in [0.15, 0.2) is 18.2 Å². The van der Waals surface area contributed by atoms with Crippen LogP contribution in [0.25, 0.3) is 0 Å². The molecule has 0 spiro atoms. The summed E-state index contributed by atoms with van der Waals surface area (Å²) in [5.41, 5.74) is 2.37. The number of benzene rings is 1. The van der Waals surface area contributed by atoms with Crippen LogP contribution in [0.4, 0.5) is 11.4 Å². The van der Waals surface area contributed by atoms with Crippen LogP contribution in [0.5, 0.6) is 0 Å². The smallest absolute Gasteiger partial charge is 0.253 e. The maximum Gasteiger partial charge on any atom is 0.253 e. The van der Waals surface area contributed by atoms with Crippen molar-refractivity contribution in [3.8, 4) is 0 Å². The van der Waals surface area contributed by atoms with E-state index in [0.717, 1.165) is 50.4 Å². The Morgan fingerprint density at radius 1 is 1.04 bits per heavy atom. The van der Waals surface area contributed by atoms with Gasteiger partial charge in [-0.2, -0.15) is 0 Å². The van der Waals surface area contributed by atoms with Crippen LogP contribution < -0.4 is 15.5 Å². The standard InChI is InChI=1S/C23H35N3O2/c1-16(2)22(27)25-19-9-10-21(26-13-11-17(3)12-14-26)20(15-19)23(28)24-18-7-5-4-6-8-18/h9-10,15-18H,4-8,11-14H2,1-3H3,(H,24,28)(H,25,27). The number of nitrogens with one attached hydrogen (secondary N) is 2. The van der Waals surface area contributed by atoms with Crippen LogP contribution >= 0.6 is 0 Å². The Bertz CT molecular complexity index is 687. The molecule has 0 unspecified atom stereocenters. The molecule has 1 aliphatic heterocycles. The van der Waals surface area contributed by atoms with E-state index in [0.29, 0.717) is 11.3 Å². The summed E-state index contributed by atoms with van der Waals surface area (Å²) in [5.74, 6) is 0.600. The lowest BCUT2D eigenvalue weighted by atomic mass is 9.95. The van der Waals surface area contributed by atoms with Crippen molar-refractivity contribution >= 4 is 23.2 Å². The van der Waals surface area contributed by atoms with E-state index in [-0.39, 0.29) is 23.8 Å². The fourth-order valence-corrected chi connectivity index (χ4v) is 4.12. The summed E-state index contributed by atoms with van der Waals surface area (Å²) in [4.78, 5) is 27.6. The molecular weight excluding hydrogens is 350 g/mol. The number of anilines is 2. The molecule has 1 aromatic carbocycles. The molecule has 0 bridgehead atoms. The Kier molecular flexibility index (Phi) is 6.97. The quantitative estimate of drug-likeness (QED) is 0.780. The molecule has 5 heteroatoms. The van der Waals surface area contributed by atoms with Crippen LogP contribution in [0.3, 0.4) is 0 Å². The van der Waals surface area contributed by atoms with Gasteiger partial charge in [0.1, 0.15) is 0 Å². The van der Waals surface area contributed by atoms with E-state index >= 15 is 0 Å². The second kappa shape index (κ2) is 9.44. The Morgan fingerprint density at radius 2 is 1.71 bits per heavy atom. The van der Waals surface area contributed by atoms with E-state index in [4.69, 9.17) is 0 Å². The zero-order valence-electron chi connectivity index (χ0n) is 17.6. The topological polar surface area (TPSA) is 61.4 Å². The number of nitrogens with zero attached hydrogens (tertiary/aromatic N) is 1. The molecule has 154 valence electrons. The van der Waals surface area contributed by atoms with E-state index in [2.05, 4.69) is 22.5 Å². The number of hydrogen-bond donors (Lipinski definition) is 2. The van der Waals surface area contributed by atoms with Gasteiger partial charge in [0.15, 0.2) is 0 Å². The summed E-state index contributed by atoms with van der Waals surface area (Å²) in [6, 6.07) is 6.04. The van der Waals surface area contributed by atoms with Crippen molar-refractivity contribution in [2.45, 2.75) is 71.8 Å². The predicted octanol–water partition coefficient (Wildman–Crippen LogP) is 4.58. The first-order chi connectivity index (χ1) is 13.4. The zero-order chi connectivity index (χ0) is 20.1. The number of rotatable bonds is 5. The molecule has 2 fully saturated rings. The van der Waals surface area contributed by atoms with Gasteiger partial charge in [0, 0.05) is 36.4 Å². The molecule has 5 nitrogen and oxygen atoms in total. The van der Waals surface area contributed by atoms with E-state index in [1.807, 2.05) is 32.0 Å². The third-order valence-electron chi connectivity index (χ3n) is 6.10. The number of carbonyl (C=O) groups excluding carboxylic acids is 2. The molecule has 2 aliphatic rings. The van der Waals surface area contributed by atoms with Crippen molar-refractivity contribution in [2.75, 3.05) is 23.3 Å². The van der Waals surface area contributed by atoms with Gasteiger partial charge in [0.2, 0.25) is 5.91 Å². The van der Waals surface area contributed by atoms with Crippen LogP contribution in [0.1, 0.15) is 76.1 Å². The minimum atomic E-state index is -0.0947. The minimum Gasteiger partial charge on any atom is -0.371 e. The number of carbonyl (C=O) groups is 2. The normalized spacial score (nSPS) is 18.9. The van der Waals surface area contributed by atoms with Crippen LogP contribution in [-0.4, -0.2) is 30.9 Å². The van der Waals surface area contributed by atoms with Crippen LogP contribution in [0.2, 0.25) is 0 Å². The fraction of sp³-hybridized carbons (Fsp3) is 0.652. The number of hydrogen-bond acceptors (Lipinski definition) is 3. The molecule has 1 aromatic rings. The van der Waals surface area contributed by atoms with Crippen molar-refractivity contribution in [3.05, 3.63) is 23.8 Å². The molecule has 3 rings (SSSR count). The number of amides is 2. The van der Waals surface area contributed by atoms with Gasteiger partial charge in [-0.1, -0.05) is 40.0 Å². The van der Waals surface area contributed by atoms with Gasteiger partial charge in [0.25, 0.3) is 5.91 Å². The lowest BCUT2D eigenvalue weighted by molar-refractivity contribution is -0.118. The lowest BCUT2D eigenvalue weighted by Gasteiger charge is -2.34. The Hall–Kier alpha value is -2.04. The summed E-state index contributed by atoms with van der Waals surface area (Å²) in [5, 5.41) is 6.19. The largest absolute Gasteiger partial charge is 0.371 e. The minimum absolute atomic E-state index is 0.0128. The zero-order valence-corrected chi connectivity index (χ0v) is 17.6. The highest BCUT2D eigenvalue weighted by molar-refractivity contribution is 6.02. The molecule has 0 aromatic heterocycles. The Morgan fingerprint density at radius 3 is 2.36 bits per heavy atom. The number of piperidine rings is 1. The van der Waals surface area contributed by atoms with Gasteiger partial charge in [-0.3, -0.25) is 9.59 Å². The van der Waals surface area contributed by atoms with Gasteiger partial charge < -0.3 is 15.5 Å². The molecule has 2 amide bonds. The first-order valence-electron chi connectivity index (χ1n) is 10.9. The second-order valence-electron chi connectivity index (χ2n) is 8.85. The summed E-state index contributed by atoms with van der Waals surface area (Å²) in [6.07, 6.45) is 8.06. The first-order valence-corrected chi connectivity index (χ1v) is 10.9. The molecule has 1 saturated carbocycles. The van der Waals surface area contributed by atoms with E-state index in [9.17, 15) is 9.59 Å². The fourth-order valence-electron chi connectivity index (χ4n) is 4.12. The molecule has 0 radical (unpaired) electrons. The van der Waals surface area contributed by atoms with Crippen molar-refractivity contribution in [1.82, 2.24) is 5.32 Å². The highest BCUT2D eigenvalue weighted by Crippen LogP contribution is 2.29. The van der Waals surface area contributed by atoms with Gasteiger partial charge in [-0.15, -0.1) is 0 Å². The van der Waals surface area contributed by atoms with Gasteiger partial charge in [-0.05, 0) is 49.8 Å². The predicted molar refractivity (Wildman–Crippen MR) is 115 cm³/mol. The summed E-state index contributed by atoms with van der Waals surface area (Å²) in [6.45, 7) is 7.98. The van der Waals surface area contributed by atoms with Crippen molar-refractivity contribution in [3.63, 3.8) is 0 Å². The average Bonchev–Trinajstić information content (AvgIpc) is 2.69. The van der Waals surface area contributed by atoms with Crippen LogP contribution in [-0.2, 0) is 4.79 Å². The second-order valence-corrected chi connectivity index (χ2v) is 8.85.